The second-order valence-electron chi connectivity index (χ2n) is 7.08. The van der Waals surface area contributed by atoms with Gasteiger partial charge < -0.3 is 9.30 Å². The lowest BCUT2D eigenvalue weighted by Crippen LogP contribution is -2.15. The highest BCUT2D eigenvalue weighted by Crippen LogP contribution is 2.40. The number of esters is 1. The number of ether oxygens (including phenoxy) is 1. The fourth-order valence-electron chi connectivity index (χ4n) is 3.25. The molecule has 0 aliphatic rings. The Morgan fingerprint density at radius 3 is 2.27 bits per heavy atom. The van der Waals surface area contributed by atoms with E-state index in [0.717, 1.165) is 17.7 Å². The van der Waals surface area contributed by atoms with Crippen molar-refractivity contribution >= 4 is 11.7 Å². The maximum atomic E-state index is 12.6. The molecule has 4 heteroatoms. The average molecular weight is 352 g/mol. The van der Waals surface area contributed by atoms with Gasteiger partial charge in [0.25, 0.3) is 0 Å². The van der Waals surface area contributed by atoms with Crippen LogP contribution >= 0.6 is 0 Å². The number of carbonyl (C=O) groups is 1. The van der Waals surface area contributed by atoms with Crippen molar-refractivity contribution in [1.82, 2.24) is 4.57 Å². The third kappa shape index (κ3) is 3.39. The van der Waals surface area contributed by atoms with Crippen LogP contribution in [-0.2, 0) is 23.6 Å². The Kier molecular flexibility index (Phi) is 5.92. The molecule has 0 saturated carbocycles. The van der Waals surface area contributed by atoms with Crippen LogP contribution < -0.4 is 0 Å². The summed E-state index contributed by atoms with van der Waals surface area (Å²) in [6, 6.07) is 8.22. The van der Waals surface area contributed by atoms with Crippen LogP contribution in [0.3, 0.4) is 0 Å². The van der Waals surface area contributed by atoms with Crippen LogP contribution in [0.2, 0.25) is 0 Å². The van der Waals surface area contributed by atoms with E-state index in [1.54, 1.807) is 6.92 Å². The highest BCUT2D eigenvalue weighted by atomic mass is 16.5. The third-order valence-corrected chi connectivity index (χ3v) is 5.24. The second-order valence-corrected chi connectivity index (χ2v) is 7.08. The van der Waals surface area contributed by atoms with E-state index >= 15 is 0 Å². The predicted octanol–water partition coefficient (Wildman–Crippen LogP) is 5.67. The zero-order valence-corrected chi connectivity index (χ0v) is 16.6. The standard InChI is InChI=1S/C22H28N2O2/c1-8-17-19(23-6)18(20(24(17)7)21(25)26-10-3)15-11-13-16(14-12-15)22(4,5)9-2/h11-14H,8-10H2,1-5,7H3. The molecule has 1 heterocycles. The molecular formula is C22H28N2O2. The van der Waals surface area contributed by atoms with E-state index in [4.69, 9.17) is 11.3 Å². The molecule has 0 spiro atoms. The summed E-state index contributed by atoms with van der Waals surface area (Å²) >= 11 is 0. The van der Waals surface area contributed by atoms with Gasteiger partial charge in [0, 0.05) is 18.3 Å². The second kappa shape index (κ2) is 7.78. The SMILES string of the molecule is [C-]#[N+]c1c(-c2ccc(C(C)(C)CC)cc2)c(C(=O)OCC)n(C)c1CC. The first-order valence-electron chi connectivity index (χ1n) is 9.19. The zero-order valence-electron chi connectivity index (χ0n) is 16.6. The first kappa shape index (κ1) is 19.8. The molecule has 0 atom stereocenters. The molecule has 2 rings (SSSR count). The quantitative estimate of drug-likeness (QED) is 0.496. The molecule has 0 aliphatic heterocycles. The summed E-state index contributed by atoms with van der Waals surface area (Å²) in [6.07, 6.45) is 1.72. The Morgan fingerprint density at radius 2 is 1.81 bits per heavy atom. The number of benzene rings is 1. The molecule has 4 nitrogen and oxygen atoms in total. The minimum absolute atomic E-state index is 0.0936. The van der Waals surface area contributed by atoms with Gasteiger partial charge in [0.05, 0.1) is 13.2 Å². The molecule has 26 heavy (non-hydrogen) atoms. The van der Waals surface area contributed by atoms with E-state index in [0.29, 0.717) is 30.0 Å². The van der Waals surface area contributed by atoms with Crippen molar-refractivity contribution in [3.63, 3.8) is 0 Å². The van der Waals surface area contributed by atoms with Crippen LogP contribution in [0.4, 0.5) is 5.69 Å². The number of carbonyl (C=O) groups excluding carboxylic acids is 1. The van der Waals surface area contributed by atoms with Gasteiger partial charge in [0.15, 0.2) is 0 Å². The van der Waals surface area contributed by atoms with Crippen molar-refractivity contribution in [2.75, 3.05) is 6.61 Å². The Bertz CT molecular complexity index is 837. The Morgan fingerprint density at radius 1 is 1.19 bits per heavy atom. The van der Waals surface area contributed by atoms with Gasteiger partial charge in [-0.15, -0.1) is 0 Å². The number of nitrogens with zero attached hydrogens (tertiary/aromatic N) is 2. The van der Waals surface area contributed by atoms with Crippen molar-refractivity contribution in [1.29, 1.82) is 0 Å². The number of rotatable bonds is 6. The van der Waals surface area contributed by atoms with Gasteiger partial charge in [0.1, 0.15) is 5.69 Å². The lowest BCUT2D eigenvalue weighted by Gasteiger charge is -2.23. The molecule has 1 aromatic carbocycles. The van der Waals surface area contributed by atoms with Crippen LogP contribution in [0.15, 0.2) is 24.3 Å². The summed E-state index contributed by atoms with van der Waals surface area (Å²) in [7, 11) is 1.83. The average Bonchev–Trinajstić information content (AvgIpc) is 2.93. The maximum Gasteiger partial charge on any atom is 0.354 e. The number of aromatic nitrogens is 1. The number of hydrogen-bond donors (Lipinski definition) is 0. The molecule has 0 bridgehead atoms. The smallest absolute Gasteiger partial charge is 0.354 e. The first-order chi connectivity index (χ1) is 12.3. The van der Waals surface area contributed by atoms with Gasteiger partial charge >= 0.3 is 5.97 Å². The van der Waals surface area contributed by atoms with E-state index in [9.17, 15) is 4.79 Å². The summed E-state index contributed by atoms with van der Waals surface area (Å²) in [5, 5.41) is 0. The maximum absolute atomic E-state index is 12.6. The van der Waals surface area contributed by atoms with Gasteiger partial charge in [-0.25, -0.2) is 9.64 Å². The molecule has 1 aromatic heterocycles. The van der Waals surface area contributed by atoms with Crippen LogP contribution in [-0.4, -0.2) is 17.1 Å². The van der Waals surface area contributed by atoms with Crippen molar-refractivity contribution in [2.24, 2.45) is 7.05 Å². The van der Waals surface area contributed by atoms with E-state index in [-0.39, 0.29) is 11.4 Å². The normalized spacial score (nSPS) is 11.3. The van der Waals surface area contributed by atoms with E-state index in [1.807, 2.05) is 30.7 Å². The molecule has 0 N–H and O–H groups in total. The predicted molar refractivity (Wildman–Crippen MR) is 106 cm³/mol. The van der Waals surface area contributed by atoms with E-state index < -0.39 is 0 Å². The number of hydrogen-bond acceptors (Lipinski definition) is 2. The minimum Gasteiger partial charge on any atom is -0.461 e. The highest BCUT2D eigenvalue weighted by molar-refractivity contribution is 6.01. The van der Waals surface area contributed by atoms with E-state index in [1.165, 1.54) is 5.56 Å². The summed E-state index contributed by atoms with van der Waals surface area (Å²) in [5.41, 5.74) is 4.76. The van der Waals surface area contributed by atoms with Crippen molar-refractivity contribution in [2.45, 2.75) is 52.9 Å². The monoisotopic (exact) mass is 352 g/mol. The van der Waals surface area contributed by atoms with Crippen LogP contribution in [0.5, 0.6) is 0 Å². The van der Waals surface area contributed by atoms with E-state index in [2.05, 4.69) is 37.7 Å². The van der Waals surface area contributed by atoms with Gasteiger partial charge in [0.2, 0.25) is 5.69 Å². The molecule has 0 radical (unpaired) electrons. The molecule has 2 aromatic rings. The Labute approximate surface area is 156 Å². The van der Waals surface area contributed by atoms with Crippen LogP contribution in [0, 0.1) is 6.57 Å². The molecule has 0 fully saturated rings. The zero-order chi connectivity index (χ0) is 19.5. The first-order valence-corrected chi connectivity index (χ1v) is 9.19. The highest BCUT2D eigenvalue weighted by Gasteiger charge is 2.27. The summed E-state index contributed by atoms with van der Waals surface area (Å²) in [4.78, 5) is 16.3. The minimum atomic E-state index is -0.382. The fourth-order valence-corrected chi connectivity index (χ4v) is 3.25. The summed E-state index contributed by atoms with van der Waals surface area (Å²) in [6.45, 7) is 18.4. The summed E-state index contributed by atoms with van der Waals surface area (Å²) in [5.74, 6) is -0.382. The molecule has 0 amide bonds. The van der Waals surface area contributed by atoms with Gasteiger partial charge in [-0.1, -0.05) is 52.0 Å². The molecular weight excluding hydrogens is 324 g/mol. The fraction of sp³-hybridized carbons (Fsp3) is 0.455. The van der Waals surface area contributed by atoms with Crippen molar-refractivity contribution < 1.29 is 9.53 Å². The van der Waals surface area contributed by atoms with Gasteiger partial charge in [-0.3, -0.25) is 0 Å². The van der Waals surface area contributed by atoms with Gasteiger partial charge in [-0.2, -0.15) is 0 Å². The Hall–Kier alpha value is -2.54. The summed E-state index contributed by atoms with van der Waals surface area (Å²) < 4.78 is 7.07. The molecule has 0 unspecified atom stereocenters. The molecule has 138 valence electrons. The molecule has 0 aliphatic carbocycles. The van der Waals surface area contributed by atoms with Crippen molar-refractivity contribution in [3.05, 3.63) is 52.6 Å². The largest absolute Gasteiger partial charge is 0.461 e. The molecule has 0 saturated heterocycles. The van der Waals surface area contributed by atoms with Crippen LogP contribution in [0.1, 0.15) is 62.8 Å². The third-order valence-electron chi connectivity index (χ3n) is 5.24. The topological polar surface area (TPSA) is 35.6 Å². The van der Waals surface area contributed by atoms with Crippen LogP contribution in [0.25, 0.3) is 16.0 Å². The van der Waals surface area contributed by atoms with Crippen molar-refractivity contribution in [3.8, 4) is 11.1 Å². The van der Waals surface area contributed by atoms with Gasteiger partial charge in [-0.05, 0) is 36.3 Å². The lowest BCUT2D eigenvalue weighted by molar-refractivity contribution is 0.0516. The lowest BCUT2D eigenvalue weighted by atomic mass is 9.82. The Balaban J connectivity index is 2.68.